The Hall–Kier alpha value is -4.31. The highest BCUT2D eigenvalue weighted by Gasteiger charge is 2.15. The summed E-state index contributed by atoms with van der Waals surface area (Å²) < 4.78 is 5.67. The Kier molecular flexibility index (Phi) is 7.66. The summed E-state index contributed by atoms with van der Waals surface area (Å²) >= 11 is 4.99. The first kappa shape index (κ1) is 23.4. The molecule has 0 saturated carbocycles. The third-order valence-electron chi connectivity index (χ3n) is 4.47. The maximum atomic E-state index is 12.3. The number of nitro benzene ring substituents is 1. The van der Waals surface area contributed by atoms with E-state index in [-0.39, 0.29) is 10.8 Å². The van der Waals surface area contributed by atoms with Gasteiger partial charge in [-0.05, 0) is 65.8 Å². The molecule has 0 aliphatic rings. The number of non-ortho nitro benzene ring substituents is 1. The molecule has 10 heteroatoms. The molecule has 3 aromatic rings. The van der Waals surface area contributed by atoms with Crippen molar-refractivity contribution in [3.05, 3.63) is 88.5 Å². The topological polar surface area (TPSA) is 123 Å². The second-order valence-corrected chi connectivity index (χ2v) is 7.29. The number of carbonyl (C=O) groups excluding carboxylic acids is 2. The molecule has 0 spiro atoms. The van der Waals surface area contributed by atoms with Crippen molar-refractivity contribution in [2.24, 2.45) is 0 Å². The number of carbonyl (C=O) groups is 2. The van der Waals surface area contributed by atoms with Crippen LogP contribution in [0.15, 0.2) is 72.8 Å². The molecule has 0 saturated heterocycles. The Morgan fingerprint density at radius 1 is 1.03 bits per heavy atom. The molecule has 1 unspecified atom stereocenters. The van der Waals surface area contributed by atoms with Crippen LogP contribution in [0.25, 0.3) is 16.8 Å². The summed E-state index contributed by atoms with van der Waals surface area (Å²) in [6.45, 7) is 1.58. The first-order valence-electron chi connectivity index (χ1n) is 9.80. The summed E-state index contributed by atoms with van der Waals surface area (Å²) in [6.07, 6.45) is 1.86. The van der Waals surface area contributed by atoms with Gasteiger partial charge in [0.2, 0.25) is 5.91 Å². The second-order valence-electron chi connectivity index (χ2n) is 6.88. The van der Waals surface area contributed by atoms with E-state index >= 15 is 0 Å². The fourth-order valence-electron chi connectivity index (χ4n) is 2.78. The van der Waals surface area contributed by atoms with Gasteiger partial charge in [0.15, 0.2) is 11.2 Å². The van der Waals surface area contributed by atoms with Crippen molar-refractivity contribution in [3.8, 4) is 5.75 Å². The molecule has 3 aromatic carbocycles. The summed E-state index contributed by atoms with van der Waals surface area (Å²) in [7, 11) is 0. The van der Waals surface area contributed by atoms with Gasteiger partial charge in [0.25, 0.3) is 11.6 Å². The zero-order valence-corrected chi connectivity index (χ0v) is 18.3. The van der Waals surface area contributed by atoms with Crippen LogP contribution in [-0.4, -0.2) is 28.0 Å². The summed E-state index contributed by atoms with van der Waals surface area (Å²) in [4.78, 5) is 34.4. The van der Waals surface area contributed by atoms with Gasteiger partial charge in [-0.2, -0.15) is 0 Å². The van der Waals surface area contributed by atoms with Crippen LogP contribution in [0.4, 0.5) is 5.69 Å². The second kappa shape index (κ2) is 10.8. The van der Waals surface area contributed by atoms with Crippen LogP contribution >= 0.6 is 12.2 Å². The predicted molar refractivity (Wildman–Crippen MR) is 128 cm³/mol. The van der Waals surface area contributed by atoms with Gasteiger partial charge in [0.1, 0.15) is 5.75 Å². The molecule has 3 rings (SSSR count). The lowest BCUT2D eigenvalue weighted by atomic mass is 10.1. The number of hydrazine groups is 1. The van der Waals surface area contributed by atoms with E-state index in [1.165, 1.54) is 36.4 Å². The molecule has 1 atom stereocenters. The first-order valence-corrected chi connectivity index (χ1v) is 10.2. The number of hydrogen-bond acceptors (Lipinski definition) is 6. The van der Waals surface area contributed by atoms with Crippen LogP contribution in [0.5, 0.6) is 5.75 Å². The normalized spacial score (nSPS) is 11.5. The molecule has 0 fully saturated rings. The average molecular weight is 465 g/mol. The predicted octanol–water partition coefficient (Wildman–Crippen LogP) is 3.25. The molecular weight excluding hydrogens is 444 g/mol. The molecule has 0 aliphatic heterocycles. The minimum absolute atomic E-state index is 0.0449. The summed E-state index contributed by atoms with van der Waals surface area (Å²) in [6, 6.07) is 19.0. The van der Waals surface area contributed by atoms with Crippen molar-refractivity contribution in [2.75, 3.05) is 0 Å². The number of nitro groups is 1. The van der Waals surface area contributed by atoms with Crippen LogP contribution in [0.1, 0.15) is 12.5 Å². The number of rotatable bonds is 6. The van der Waals surface area contributed by atoms with E-state index < -0.39 is 22.8 Å². The number of benzene rings is 3. The number of thiocarbonyl (C=S) groups is 1. The minimum Gasteiger partial charge on any atom is -0.481 e. The van der Waals surface area contributed by atoms with Gasteiger partial charge >= 0.3 is 0 Å². The maximum Gasteiger partial charge on any atom is 0.279 e. The number of nitrogens with zero attached hydrogens (tertiary/aromatic N) is 1. The summed E-state index contributed by atoms with van der Waals surface area (Å²) in [5, 5.41) is 15.0. The summed E-state index contributed by atoms with van der Waals surface area (Å²) in [5.41, 5.74) is 5.37. The van der Waals surface area contributed by atoms with Crippen molar-refractivity contribution in [3.63, 3.8) is 0 Å². The monoisotopic (exact) mass is 464 g/mol. The van der Waals surface area contributed by atoms with Gasteiger partial charge in [0.05, 0.1) is 4.92 Å². The molecule has 3 N–H and O–H groups in total. The highest BCUT2D eigenvalue weighted by molar-refractivity contribution is 7.80. The molecule has 33 heavy (non-hydrogen) atoms. The number of nitrogens with one attached hydrogen (secondary N) is 3. The molecule has 168 valence electrons. The van der Waals surface area contributed by atoms with Crippen molar-refractivity contribution >= 4 is 51.7 Å². The van der Waals surface area contributed by atoms with Crippen molar-refractivity contribution in [1.82, 2.24) is 16.2 Å². The van der Waals surface area contributed by atoms with E-state index in [4.69, 9.17) is 17.0 Å². The highest BCUT2D eigenvalue weighted by Crippen LogP contribution is 2.21. The average Bonchev–Trinajstić information content (AvgIpc) is 2.81. The standard InChI is InChI=1S/C23H20N4O5S/c1-15(32-20-12-9-17-4-2-3-5-18(17)14-20)22(29)25-26-23(33)24-21(28)13-8-16-6-10-19(11-7-16)27(30)31/h2-15H,1H3,(H,25,29)(H2,24,26,28,33)/b13-8+. The zero-order chi connectivity index (χ0) is 23.8. The molecule has 0 bridgehead atoms. The van der Waals surface area contributed by atoms with Gasteiger partial charge in [-0.1, -0.05) is 30.3 Å². The number of amides is 2. The molecule has 0 radical (unpaired) electrons. The Morgan fingerprint density at radius 3 is 2.42 bits per heavy atom. The third-order valence-corrected chi connectivity index (χ3v) is 4.67. The smallest absolute Gasteiger partial charge is 0.279 e. The van der Waals surface area contributed by atoms with Gasteiger partial charge in [-0.25, -0.2) is 0 Å². The SMILES string of the molecule is CC(Oc1ccc2ccccc2c1)C(=O)NNC(=S)NC(=O)/C=C/c1ccc([N+](=O)[O-])cc1. The molecule has 2 amide bonds. The fourth-order valence-corrected chi connectivity index (χ4v) is 2.93. The third kappa shape index (κ3) is 6.84. The van der Waals surface area contributed by atoms with Crippen LogP contribution in [0, 0.1) is 10.1 Å². The van der Waals surface area contributed by atoms with Crippen molar-refractivity contribution in [1.29, 1.82) is 0 Å². The number of fused-ring (bicyclic) bond motifs is 1. The first-order chi connectivity index (χ1) is 15.8. The Morgan fingerprint density at radius 2 is 1.73 bits per heavy atom. The minimum atomic E-state index is -0.820. The Labute approximate surface area is 194 Å². The van der Waals surface area contributed by atoms with E-state index in [1.807, 2.05) is 36.4 Å². The van der Waals surface area contributed by atoms with E-state index in [1.54, 1.807) is 13.0 Å². The molecular formula is C23H20N4O5S. The largest absolute Gasteiger partial charge is 0.481 e. The number of hydrogen-bond donors (Lipinski definition) is 3. The van der Waals surface area contributed by atoms with Crippen LogP contribution < -0.4 is 20.9 Å². The van der Waals surface area contributed by atoms with Crippen molar-refractivity contribution < 1.29 is 19.2 Å². The van der Waals surface area contributed by atoms with E-state index in [2.05, 4.69) is 16.2 Å². The zero-order valence-electron chi connectivity index (χ0n) is 17.5. The number of ether oxygens (including phenoxy) is 1. The molecule has 0 heterocycles. The summed E-state index contributed by atoms with van der Waals surface area (Å²) in [5.74, 6) is -0.481. The van der Waals surface area contributed by atoms with Gasteiger partial charge in [-0.3, -0.25) is 35.9 Å². The maximum absolute atomic E-state index is 12.3. The van der Waals surface area contributed by atoms with Crippen LogP contribution in [0.3, 0.4) is 0 Å². The van der Waals surface area contributed by atoms with E-state index in [9.17, 15) is 19.7 Å². The Balaban J connectivity index is 1.44. The van der Waals surface area contributed by atoms with Crippen LogP contribution in [-0.2, 0) is 9.59 Å². The fraction of sp³-hybridized carbons (Fsp3) is 0.0870. The van der Waals surface area contributed by atoms with Crippen molar-refractivity contribution in [2.45, 2.75) is 13.0 Å². The lowest BCUT2D eigenvalue weighted by Gasteiger charge is -2.16. The molecule has 0 aromatic heterocycles. The van der Waals surface area contributed by atoms with E-state index in [0.29, 0.717) is 11.3 Å². The lowest BCUT2D eigenvalue weighted by Crippen LogP contribution is -2.51. The van der Waals surface area contributed by atoms with Gasteiger partial charge in [-0.15, -0.1) is 0 Å². The Bertz CT molecular complexity index is 1230. The highest BCUT2D eigenvalue weighted by atomic mass is 32.1. The van der Waals surface area contributed by atoms with E-state index in [0.717, 1.165) is 10.8 Å². The van der Waals surface area contributed by atoms with Crippen LogP contribution in [0.2, 0.25) is 0 Å². The van der Waals surface area contributed by atoms with Gasteiger partial charge in [0, 0.05) is 18.2 Å². The lowest BCUT2D eigenvalue weighted by molar-refractivity contribution is -0.384. The quantitative estimate of drug-likeness (QED) is 0.221. The molecule has 9 nitrogen and oxygen atoms in total. The van der Waals surface area contributed by atoms with Gasteiger partial charge < -0.3 is 4.74 Å². The molecule has 0 aliphatic carbocycles.